The summed E-state index contributed by atoms with van der Waals surface area (Å²) in [4.78, 5) is 0. The van der Waals surface area contributed by atoms with Crippen molar-refractivity contribution in [3.05, 3.63) is 0 Å². The van der Waals surface area contributed by atoms with Gasteiger partial charge >= 0.3 is 0 Å². The monoisotopic (exact) mass is 293 g/mol. The van der Waals surface area contributed by atoms with E-state index in [4.69, 9.17) is 10.5 Å². The summed E-state index contributed by atoms with van der Waals surface area (Å²) in [5, 5.41) is 0. The number of nitrogens with two attached hydrogens (primary N) is 1. The van der Waals surface area contributed by atoms with Gasteiger partial charge in [-0.3, -0.25) is 0 Å². The zero-order chi connectivity index (χ0) is 14.5. The fourth-order valence-corrected chi connectivity index (χ4v) is 3.75. The summed E-state index contributed by atoms with van der Waals surface area (Å²) >= 11 is 0. The molecule has 0 radical (unpaired) electrons. The Morgan fingerprint density at radius 2 is 2.00 bits per heavy atom. The topological polar surface area (TPSA) is 75.9 Å². The number of methoxy groups -OCH3 is 1. The van der Waals surface area contributed by atoms with Gasteiger partial charge < -0.3 is 10.5 Å². The van der Waals surface area contributed by atoms with E-state index in [0.29, 0.717) is 38.6 Å². The molecule has 0 aromatic rings. The Kier molecular flexibility index (Phi) is 6.68. The Morgan fingerprint density at radius 3 is 2.47 bits per heavy atom. The molecule has 7 heteroatoms. The Labute approximate surface area is 117 Å². The molecule has 0 saturated heterocycles. The third kappa shape index (κ3) is 4.68. The summed E-state index contributed by atoms with van der Waals surface area (Å²) in [6.07, 6.45) is 2.91. The van der Waals surface area contributed by atoms with E-state index >= 15 is 0 Å². The lowest BCUT2D eigenvalue weighted by Gasteiger charge is -2.32. The molecule has 1 aliphatic carbocycles. The highest BCUT2D eigenvalue weighted by atomic mass is 32.2. The smallest absolute Gasteiger partial charge is 0.282 e. The molecule has 19 heavy (non-hydrogen) atoms. The number of ether oxygens (including phenoxy) is 1. The molecular formula is C12H27N3O3S. The first-order chi connectivity index (χ1) is 8.95. The van der Waals surface area contributed by atoms with Crippen molar-refractivity contribution < 1.29 is 13.2 Å². The zero-order valence-electron chi connectivity index (χ0n) is 12.2. The fraction of sp³-hybridized carbons (Fsp3) is 1.00. The number of hydrogen-bond acceptors (Lipinski definition) is 4. The molecule has 0 aromatic heterocycles. The maximum atomic E-state index is 12.6. The third-order valence-electron chi connectivity index (χ3n) is 3.64. The number of nitrogens with zero attached hydrogens (tertiary/aromatic N) is 2. The average molecular weight is 293 g/mol. The van der Waals surface area contributed by atoms with E-state index in [9.17, 15) is 8.42 Å². The van der Waals surface area contributed by atoms with Crippen LogP contribution in [-0.2, 0) is 14.9 Å². The van der Waals surface area contributed by atoms with Gasteiger partial charge in [0.05, 0.1) is 6.61 Å². The van der Waals surface area contributed by atoms with Gasteiger partial charge in [-0.1, -0.05) is 0 Å². The molecular weight excluding hydrogens is 266 g/mol. The summed E-state index contributed by atoms with van der Waals surface area (Å²) in [7, 11) is -0.215. The molecule has 114 valence electrons. The van der Waals surface area contributed by atoms with Gasteiger partial charge in [-0.2, -0.15) is 17.0 Å². The molecule has 1 atom stereocenters. The van der Waals surface area contributed by atoms with Crippen molar-refractivity contribution in [1.29, 1.82) is 0 Å². The Morgan fingerprint density at radius 1 is 1.37 bits per heavy atom. The second kappa shape index (κ2) is 7.54. The minimum Gasteiger partial charge on any atom is -0.383 e. The van der Waals surface area contributed by atoms with Crippen LogP contribution in [0.25, 0.3) is 0 Å². The third-order valence-corrected chi connectivity index (χ3v) is 5.72. The summed E-state index contributed by atoms with van der Waals surface area (Å²) in [6, 6.07) is 0.0421. The van der Waals surface area contributed by atoms with Gasteiger partial charge in [-0.25, -0.2) is 0 Å². The van der Waals surface area contributed by atoms with E-state index in [-0.39, 0.29) is 6.04 Å². The summed E-state index contributed by atoms with van der Waals surface area (Å²) < 4.78 is 33.1. The van der Waals surface area contributed by atoms with Gasteiger partial charge in [0.1, 0.15) is 0 Å². The second-order valence-corrected chi connectivity index (χ2v) is 7.14. The van der Waals surface area contributed by atoms with Gasteiger partial charge in [-0.15, -0.1) is 0 Å². The molecule has 0 heterocycles. The van der Waals surface area contributed by atoms with Crippen molar-refractivity contribution in [2.45, 2.75) is 32.2 Å². The van der Waals surface area contributed by atoms with Crippen LogP contribution in [0.1, 0.15) is 26.2 Å². The Balaban J connectivity index is 2.75. The molecule has 1 rings (SSSR count). The molecule has 1 unspecified atom stereocenters. The van der Waals surface area contributed by atoms with Crippen LogP contribution in [0.3, 0.4) is 0 Å². The zero-order valence-corrected chi connectivity index (χ0v) is 13.0. The molecule has 0 aromatic carbocycles. The predicted octanol–water partition coefficient (Wildman–Crippen LogP) is 0.259. The molecule has 0 bridgehead atoms. The van der Waals surface area contributed by atoms with Crippen LogP contribution in [0.15, 0.2) is 0 Å². The first-order valence-electron chi connectivity index (χ1n) is 6.87. The number of rotatable bonds is 10. The van der Waals surface area contributed by atoms with Gasteiger partial charge in [-0.05, 0) is 38.6 Å². The van der Waals surface area contributed by atoms with Crippen molar-refractivity contribution >= 4 is 10.2 Å². The maximum Gasteiger partial charge on any atom is 0.282 e. The minimum absolute atomic E-state index is 0.0421. The Hall–Kier alpha value is -0.210. The van der Waals surface area contributed by atoms with Crippen LogP contribution in [-0.4, -0.2) is 63.5 Å². The van der Waals surface area contributed by atoms with Crippen LogP contribution in [0.5, 0.6) is 0 Å². The van der Waals surface area contributed by atoms with E-state index < -0.39 is 10.2 Å². The summed E-state index contributed by atoms with van der Waals surface area (Å²) in [6.45, 7) is 3.77. The molecule has 0 aliphatic heterocycles. The lowest BCUT2D eigenvalue weighted by atomic mass is 10.2. The van der Waals surface area contributed by atoms with E-state index in [0.717, 1.165) is 12.8 Å². The standard InChI is InChI=1S/C12H27N3O3S/c1-11(12-5-6-12)15(9-10-18-3)19(16,17)14(2)8-4-7-13/h11-12H,4-10,13H2,1-3H3. The van der Waals surface area contributed by atoms with Crippen LogP contribution in [0, 0.1) is 5.92 Å². The quantitative estimate of drug-likeness (QED) is 0.627. The van der Waals surface area contributed by atoms with Gasteiger partial charge in [0.25, 0.3) is 10.2 Å². The van der Waals surface area contributed by atoms with Crippen LogP contribution < -0.4 is 5.73 Å². The molecule has 0 spiro atoms. The van der Waals surface area contributed by atoms with Crippen molar-refractivity contribution in [2.24, 2.45) is 11.7 Å². The summed E-state index contributed by atoms with van der Waals surface area (Å²) in [5.41, 5.74) is 5.44. The van der Waals surface area contributed by atoms with Gasteiger partial charge in [0.2, 0.25) is 0 Å². The van der Waals surface area contributed by atoms with E-state index in [1.807, 2.05) is 6.92 Å². The average Bonchev–Trinajstić information content (AvgIpc) is 3.19. The minimum atomic E-state index is -3.42. The predicted molar refractivity (Wildman–Crippen MR) is 76.0 cm³/mol. The highest BCUT2D eigenvalue weighted by Crippen LogP contribution is 2.36. The molecule has 1 aliphatic rings. The van der Waals surface area contributed by atoms with E-state index in [1.165, 1.54) is 4.31 Å². The van der Waals surface area contributed by atoms with E-state index in [2.05, 4.69) is 0 Å². The first kappa shape index (κ1) is 16.8. The van der Waals surface area contributed by atoms with Crippen LogP contribution >= 0.6 is 0 Å². The molecule has 0 amide bonds. The molecule has 1 saturated carbocycles. The lowest BCUT2D eigenvalue weighted by molar-refractivity contribution is 0.160. The SMILES string of the molecule is COCCN(C(C)C1CC1)S(=O)(=O)N(C)CCCN. The highest BCUT2D eigenvalue weighted by molar-refractivity contribution is 7.86. The molecule has 1 fully saturated rings. The normalized spacial score (nSPS) is 18.2. The molecule has 6 nitrogen and oxygen atoms in total. The lowest BCUT2D eigenvalue weighted by Crippen LogP contribution is -2.48. The van der Waals surface area contributed by atoms with Crippen molar-refractivity contribution in [3.63, 3.8) is 0 Å². The van der Waals surface area contributed by atoms with Gasteiger partial charge in [0, 0.05) is 33.3 Å². The Bertz CT molecular complexity index is 357. The van der Waals surface area contributed by atoms with Crippen LogP contribution in [0.2, 0.25) is 0 Å². The van der Waals surface area contributed by atoms with Crippen molar-refractivity contribution in [3.8, 4) is 0 Å². The molecule has 2 N–H and O–H groups in total. The highest BCUT2D eigenvalue weighted by Gasteiger charge is 2.38. The first-order valence-corrected chi connectivity index (χ1v) is 8.27. The van der Waals surface area contributed by atoms with Gasteiger partial charge in [0.15, 0.2) is 0 Å². The van der Waals surface area contributed by atoms with Crippen molar-refractivity contribution in [1.82, 2.24) is 8.61 Å². The number of hydrogen-bond donors (Lipinski definition) is 1. The second-order valence-electron chi connectivity index (χ2n) is 5.15. The fourth-order valence-electron chi connectivity index (χ4n) is 2.13. The largest absolute Gasteiger partial charge is 0.383 e. The van der Waals surface area contributed by atoms with Crippen molar-refractivity contribution in [2.75, 3.05) is 40.4 Å². The van der Waals surface area contributed by atoms with E-state index in [1.54, 1.807) is 18.5 Å². The summed E-state index contributed by atoms with van der Waals surface area (Å²) in [5.74, 6) is 0.495. The maximum absolute atomic E-state index is 12.6. The van der Waals surface area contributed by atoms with Crippen LogP contribution in [0.4, 0.5) is 0 Å².